The number of nitrogens with zero attached hydrogens (tertiary/aromatic N) is 1. The number of aryl methyl sites for hydroxylation is 1. The molecule has 0 saturated carbocycles. The topological polar surface area (TPSA) is 30.1 Å². The van der Waals surface area contributed by atoms with Gasteiger partial charge in [0.05, 0.1) is 29.0 Å². The second-order valence-corrected chi connectivity index (χ2v) is 9.72. The molecule has 0 atom stereocenters. The van der Waals surface area contributed by atoms with E-state index in [-0.39, 0.29) is 0 Å². The fraction of sp³-hybridized carbons (Fsp3) is 0.0909. The Morgan fingerprint density at radius 2 is 1.64 bits per heavy atom. The van der Waals surface area contributed by atoms with Crippen LogP contribution in [0.5, 0.6) is 0 Å². The van der Waals surface area contributed by atoms with E-state index in [0.29, 0.717) is 0 Å². The maximum absolute atomic E-state index is 6.52. The van der Waals surface area contributed by atoms with Crippen LogP contribution in [0.25, 0.3) is 55.9 Å². The minimum absolute atomic E-state index is 0.761. The van der Waals surface area contributed by atoms with Crippen LogP contribution in [-0.2, 0) is 13.0 Å². The lowest BCUT2D eigenvalue weighted by Crippen LogP contribution is -2.11. The number of anilines is 1. The average molecular weight is 465 g/mol. The molecule has 36 heavy (non-hydrogen) atoms. The number of hydrogen-bond donors (Lipinski definition) is 1. The highest BCUT2D eigenvalue weighted by molar-refractivity contribution is 6.03. The molecule has 0 amide bonds. The van der Waals surface area contributed by atoms with Gasteiger partial charge in [0.25, 0.3) is 0 Å². The van der Waals surface area contributed by atoms with E-state index in [4.69, 9.17) is 4.42 Å². The number of aromatic nitrogens is 1. The Balaban J connectivity index is 1.34. The van der Waals surface area contributed by atoms with Crippen LogP contribution in [0, 0.1) is 0 Å². The molecule has 0 bridgehead atoms. The Morgan fingerprint density at radius 1 is 0.778 bits per heavy atom. The summed E-state index contributed by atoms with van der Waals surface area (Å²) in [5, 5.41) is 7.46. The van der Waals surface area contributed by atoms with Crippen molar-refractivity contribution < 1.29 is 4.42 Å². The van der Waals surface area contributed by atoms with Gasteiger partial charge in [-0.15, -0.1) is 0 Å². The number of hydrogen-bond acceptors (Lipinski definition) is 2. The number of rotatable bonds is 2. The first-order valence-corrected chi connectivity index (χ1v) is 12.6. The Hall–Kier alpha value is -4.50. The maximum atomic E-state index is 6.52. The molecule has 1 aliphatic heterocycles. The first-order chi connectivity index (χ1) is 17.8. The van der Waals surface area contributed by atoms with Crippen molar-refractivity contribution >= 4 is 33.4 Å². The highest BCUT2D eigenvalue weighted by Crippen LogP contribution is 2.48. The maximum Gasteiger partial charge on any atom is 0.160 e. The predicted molar refractivity (Wildman–Crippen MR) is 149 cm³/mol. The summed E-state index contributed by atoms with van der Waals surface area (Å²) in [6.45, 7) is 0.761. The van der Waals surface area contributed by atoms with Gasteiger partial charge in [0, 0.05) is 23.1 Å². The van der Waals surface area contributed by atoms with E-state index in [1.54, 1.807) is 0 Å². The molecule has 3 nitrogen and oxygen atoms in total. The third-order valence-electron chi connectivity index (χ3n) is 7.66. The molecule has 2 aliphatic rings. The molecule has 4 aromatic carbocycles. The van der Waals surface area contributed by atoms with Gasteiger partial charge in [-0.1, -0.05) is 78.9 Å². The molecule has 1 N–H and O–H groups in total. The quantitative estimate of drug-likeness (QED) is 0.278. The minimum Gasteiger partial charge on any atom is -0.458 e. The van der Waals surface area contributed by atoms with Crippen molar-refractivity contribution in [2.24, 2.45) is 0 Å². The molecule has 0 fully saturated rings. The van der Waals surface area contributed by atoms with E-state index in [1.807, 2.05) is 0 Å². The van der Waals surface area contributed by atoms with Crippen LogP contribution in [0.4, 0.5) is 5.69 Å². The van der Waals surface area contributed by atoms with Gasteiger partial charge in [-0.2, -0.15) is 0 Å². The number of benzene rings is 4. The summed E-state index contributed by atoms with van der Waals surface area (Å²) >= 11 is 0. The molecule has 0 saturated heterocycles. The lowest BCUT2D eigenvalue weighted by molar-refractivity contribution is 0.519. The van der Waals surface area contributed by atoms with Crippen LogP contribution in [0.3, 0.4) is 0 Å². The van der Waals surface area contributed by atoms with Crippen LogP contribution in [0.15, 0.2) is 101 Å². The molecule has 1 aliphatic carbocycles. The fourth-order valence-electron chi connectivity index (χ4n) is 5.99. The zero-order valence-corrected chi connectivity index (χ0v) is 19.8. The number of para-hydroxylation sites is 1. The molecule has 3 heteroatoms. The zero-order chi connectivity index (χ0) is 23.6. The average Bonchev–Trinajstić information content (AvgIpc) is 3.48. The Morgan fingerprint density at radius 3 is 2.61 bits per heavy atom. The molecule has 0 radical (unpaired) electrons. The molecule has 0 unspecified atom stereocenters. The van der Waals surface area contributed by atoms with Crippen LogP contribution in [-0.4, -0.2) is 4.57 Å². The second-order valence-electron chi connectivity index (χ2n) is 9.72. The molecule has 0 spiro atoms. The van der Waals surface area contributed by atoms with Gasteiger partial charge in [0.1, 0.15) is 5.76 Å². The van der Waals surface area contributed by atoms with Crippen molar-refractivity contribution in [3.05, 3.63) is 114 Å². The smallest absolute Gasteiger partial charge is 0.160 e. The summed E-state index contributed by atoms with van der Waals surface area (Å²) in [7, 11) is 0. The minimum atomic E-state index is 0.761. The molecule has 6 aromatic rings. The second kappa shape index (κ2) is 7.50. The number of allylic oxidation sites excluding steroid dienone is 1. The van der Waals surface area contributed by atoms with Gasteiger partial charge in [0.15, 0.2) is 5.76 Å². The van der Waals surface area contributed by atoms with Crippen molar-refractivity contribution in [2.45, 2.75) is 19.4 Å². The van der Waals surface area contributed by atoms with Gasteiger partial charge < -0.3 is 14.3 Å². The summed E-state index contributed by atoms with van der Waals surface area (Å²) in [6, 6.07) is 32.8. The van der Waals surface area contributed by atoms with Gasteiger partial charge in [-0.05, 0) is 52.6 Å². The standard InChI is InChI=1S/C33H24N2O/c1-2-9-22-18-24(17-16-21(22)8-1)23-10-7-11-25(19-23)35-28-14-5-3-12-26(28)31-29(35)20-34-32-27-13-4-6-15-30(27)36-33(31)32/h1-5,7-14,16-19,34H,6,15,20H2. The van der Waals surface area contributed by atoms with Crippen molar-refractivity contribution in [3.63, 3.8) is 0 Å². The van der Waals surface area contributed by atoms with Crippen LogP contribution < -0.4 is 5.32 Å². The van der Waals surface area contributed by atoms with Gasteiger partial charge >= 0.3 is 0 Å². The zero-order valence-electron chi connectivity index (χ0n) is 19.8. The van der Waals surface area contributed by atoms with Crippen molar-refractivity contribution in [1.82, 2.24) is 4.57 Å². The van der Waals surface area contributed by atoms with E-state index >= 15 is 0 Å². The van der Waals surface area contributed by atoms with Crippen LogP contribution in [0.1, 0.15) is 23.4 Å². The molecular weight excluding hydrogens is 440 g/mol. The molecule has 3 heterocycles. The van der Waals surface area contributed by atoms with Crippen LogP contribution >= 0.6 is 0 Å². The third-order valence-corrected chi connectivity index (χ3v) is 7.66. The summed E-state index contributed by atoms with van der Waals surface area (Å²) in [4.78, 5) is 0. The molecule has 172 valence electrons. The lowest BCUT2D eigenvalue weighted by Gasteiger charge is -2.19. The number of fused-ring (bicyclic) bond motifs is 8. The highest BCUT2D eigenvalue weighted by atomic mass is 16.3. The van der Waals surface area contributed by atoms with Gasteiger partial charge in [-0.3, -0.25) is 0 Å². The normalized spacial score (nSPS) is 13.9. The summed E-state index contributed by atoms with van der Waals surface area (Å²) in [5.74, 6) is 2.08. The number of furan rings is 1. The highest BCUT2D eigenvalue weighted by Gasteiger charge is 2.31. The van der Waals surface area contributed by atoms with Gasteiger partial charge in [0.2, 0.25) is 0 Å². The van der Waals surface area contributed by atoms with E-state index < -0.39 is 0 Å². The van der Waals surface area contributed by atoms with E-state index in [1.165, 1.54) is 55.3 Å². The fourth-order valence-corrected chi connectivity index (χ4v) is 5.99. The predicted octanol–water partition coefficient (Wildman–Crippen LogP) is 8.60. The molecular formula is C33H24N2O. The molecule has 2 aromatic heterocycles. The van der Waals surface area contributed by atoms with Crippen molar-refractivity contribution in [2.75, 3.05) is 5.32 Å². The largest absolute Gasteiger partial charge is 0.458 e. The summed E-state index contributed by atoms with van der Waals surface area (Å²) in [6.07, 6.45) is 6.46. The SMILES string of the molecule is C1=Cc2c(oc3c2NCc2c-3c3ccccc3n2-c2cccc(-c3ccc4ccccc4c3)c2)CC1. The first-order valence-electron chi connectivity index (χ1n) is 12.6. The Kier molecular flexibility index (Phi) is 4.12. The Labute approximate surface area is 209 Å². The Bertz CT molecular complexity index is 1850. The summed E-state index contributed by atoms with van der Waals surface area (Å²) < 4.78 is 8.92. The van der Waals surface area contributed by atoms with E-state index in [2.05, 4.69) is 113 Å². The number of nitrogens with one attached hydrogen (secondary N) is 1. The van der Waals surface area contributed by atoms with E-state index in [0.717, 1.165) is 36.6 Å². The van der Waals surface area contributed by atoms with Crippen molar-refractivity contribution in [3.8, 4) is 28.1 Å². The van der Waals surface area contributed by atoms with E-state index in [9.17, 15) is 0 Å². The third kappa shape index (κ3) is 2.80. The van der Waals surface area contributed by atoms with Crippen molar-refractivity contribution in [1.29, 1.82) is 0 Å². The first kappa shape index (κ1) is 19.8. The summed E-state index contributed by atoms with van der Waals surface area (Å²) in [5.41, 5.74) is 9.64. The van der Waals surface area contributed by atoms with Gasteiger partial charge in [-0.25, -0.2) is 0 Å². The lowest BCUT2D eigenvalue weighted by atomic mass is 9.99. The molecule has 8 rings (SSSR count). The van der Waals surface area contributed by atoms with Crippen LogP contribution in [0.2, 0.25) is 0 Å². The monoisotopic (exact) mass is 464 g/mol.